The number of nitrogens with one attached hydrogen (secondary N) is 1. The summed E-state index contributed by atoms with van der Waals surface area (Å²) in [6, 6.07) is 4.84. The Morgan fingerprint density at radius 2 is 1.90 bits per heavy atom. The van der Waals surface area contributed by atoms with Gasteiger partial charge in [0, 0.05) is 5.92 Å². The van der Waals surface area contributed by atoms with Gasteiger partial charge in [-0.1, -0.05) is 6.07 Å². The summed E-state index contributed by atoms with van der Waals surface area (Å²) in [4.78, 5) is 11.4. The number of carbonyl (C=O) groups excluding carboxylic acids is 1. The summed E-state index contributed by atoms with van der Waals surface area (Å²) in [5, 5.41) is 0. The average molecular weight is 302 g/mol. The Bertz CT molecular complexity index is 497. The van der Waals surface area contributed by atoms with E-state index in [0.717, 1.165) is 12.1 Å². The largest absolute Gasteiger partial charge is 0.490 e. The van der Waals surface area contributed by atoms with Crippen molar-refractivity contribution in [1.82, 2.24) is 5.43 Å². The Labute approximate surface area is 120 Å². The SMILES string of the molecule is NNC(=O)C1CCC(Oc2cccc(C(F)(F)F)c2)CC1. The molecule has 1 fully saturated rings. The normalized spacial score (nSPS) is 22.7. The van der Waals surface area contributed by atoms with E-state index in [0.29, 0.717) is 25.7 Å². The molecule has 1 amide bonds. The van der Waals surface area contributed by atoms with Crippen molar-refractivity contribution >= 4 is 5.91 Å². The molecule has 116 valence electrons. The van der Waals surface area contributed by atoms with Gasteiger partial charge in [0.1, 0.15) is 5.75 Å². The highest BCUT2D eigenvalue weighted by Gasteiger charge is 2.31. The second-order valence-electron chi connectivity index (χ2n) is 5.13. The molecular weight excluding hydrogens is 285 g/mol. The number of rotatable bonds is 3. The van der Waals surface area contributed by atoms with Crippen molar-refractivity contribution in [3.8, 4) is 5.75 Å². The van der Waals surface area contributed by atoms with E-state index in [1.54, 1.807) is 0 Å². The number of amides is 1. The van der Waals surface area contributed by atoms with Crippen LogP contribution in [0.4, 0.5) is 13.2 Å². The number of halogens is 3. The highest BCUT2D eigenvalue weighted by molar-refractivity contribution is 5.78. The molecule has 21 heavy (non-hydrogen) atoms. The number of alkyl halides is 3. The van der Waals surface area contributed by atoms with Gasteiger partial charge in [0.25, 0.3) is 0 Å². The van der Waals surface area contributed by atoms with Crippen LogP contribution in [-0.4, -0.2) is 12.0 Å². The molecular formula is C14H17F3N2O2. The maximum Gasteiger partial charge on any atom is 0.416 e. The number of hydrogen-bond acceptors (Lipinski definition) is 3. The summed E-state index contributed by atoms with van der Waals surface area (Å²) in [5.74, 6) is 4.94. The minimum absolute atomic E-state index is 0.142. The summed E-state index contributed by atoms with van der Waals surface area (Å²) >= 11 is 0. The Hall–Kier alpha value is -1.76. The van der Waals surface area contributed by atoms with Crippen molar-refractivity contribution in [1.29, 1.82) is 0 Å². The Morgan fingerprint density at radius 1 is 1.24 bits per heavy atom. The first-order valence-electron chi connectivity index (χ1n) is 6.74. The van der Waals surface area contributed by atoms with Crippen LogP contribution in [0.3, 0.4) is 0 Å². The summed E-state index contributed by atoms with van der Waals surface area (Å²) in [5.41, 5.74) is 1.39. The van der Waals surface area contributed by atoms with Crippen molar-refractivity contribution < 1.29 is 22.7 Å². The Balaban J connectivity index is 1.93. The minimum atomic E-state index is -4.38. The van der Waals surface area contributed by atoms with Crippen LogP contribution in [0.1, 0.15) is 31.2 Å². The molecule has 1 saturated carbocycles. The van der Waals surface area contributed by atoms with Crippen LogP contribution in [0.25, 0.3) is 0 Å². The van der Waals surface area contributed by atoms with Crippen LogP contribution in [-0.2, 0) is 11.0 Å². The highest BCUT2D eigenvalue weighted by Crippen LogP contribution is 2.33. The summed E-state index contributed by atoms with van der Waals surface area (Å²) in [7, 11) is 0. The van der Waals surface area contributed by atoms with Crippen LogP contribution in [0.15, 0.2) is 24.3 Å². The summed E-state index contributed by atoms with van der Waals surface area (Å²) in [6.07, 6.45) is -2.08. The molecule has 0 saturated heterocycles. The van der Waals surface area contributed by atoms with Crippen LogP contribution in [0.2, 0.25) is 0 Å². The molecule has 0 atom stereocenters. The van der Waals surface area contributed by atoms with E-state index < -0.39 is 11.7 Å². The number of carbonyl (C=O) groups is 1. The fraction of sp³-hybridized carbons (Fsp3) is 0.500. The van der Waals surface area contributed by atoms with Gasteiger partial charge in [-0.15, -0.1) is 0 Å². The zero-order valence-electron chi connectivity index (χ0n) is 11.3. The van der Waals surface area contributed by atoms with E-state index in [2.05, 4.69) is 5.43 Å². The summed E-state index contributed by atoms with van der Waals surface area (Å²) in [6.45, 7) is 0. The quantitative estimate of drug-likeness (QED) is 0.512. The zero-order valence-corrected chi connectivity index (χ0v) is 11.3. The van der Waals surface area contributed by atoms with E-state index in [9.17, 15) is 18.0 Å². The van der Waals surface area contributed by atoms with Crippen LogP contribution in [0.5, 0.6) is 5.75 Å². The van der Waals surface area contributed by atoms with E-state index in [1.807, 2.05) is 0 Å². The van der Waals surface area contributed by atoms with Gasteiger partial charge in [-0.3, -0.25) is 10.2 Å². The van der Waals surface area contributed by atoms with Gasteiger partial charge in [0.2, 0.25) is 5.91 Å². The van der Waals surface area contributed by atoms with Gasteiger partial charge >= 0.3 is 6.18 Å². The summed E-state index contributed by atoms with van der Waals surface area (Å²) < 4.78 is 43.4. The monoisotopic (exact) mass is 302 g/mol. The zero-order chi connectivity index (χ0) is 15.5. The number of ether oxygens (including phenoxy) is 1. The molecule has 1 aromatic rings. The molecule has 0 spiro atoms. The van der Waals surface area contributed by atoms with Gasteiger partial charge in [0.05, 0.1) is 11.7 Å². The molecule has 0 bridgehead atoms. The van der Waals surface area contributed by atoms with Gasteiger partial charge < -0.3 is 4.74 Å². The molecule has 1 aliphatic carbocycles. The number of hydrogen-bond donors (Lipinski definition) is 2. The van der Waals surface area contributed by atoms with Gasteiger partial charge in [-0.25, -0.2) is 5.84 Å². The third-order valence-corrected chi connectivity index (χ3v) is 3.65. The number of hydrazine groups is 1. The lowest BCUT2D eigenvalue weighted by molar-refractivity contribution is -0.137. The van der Waals surface area contributed by atoms with Crippen LogP contribution < -0.4 is 16.0 Å². The molecule has 1 aliphatic rings. The molecule has 0 aliphatic heterocycles. The minimum Gasteiger partial charge on any atom is -0.490 e. The molecule has 0 aromatic heterocycles. The van der Waals surface area contributed by atoms with Crippen LogP contribution >= 0.6 is 0 Å². The Morgan fingerprint density at radius 3 is 2.48 bits per heavy atom. The van der Waals surface area contributed by atoms with E-state index in [1.165, 1.54) is 12.1 Å². The standard InChI is InChI=1S/C14H17F3N2O2/c15-14(16,17)10-2-1-3-12(8-10)21-11-6-4-9(5-7-11)13(20)19-18/h1-3,8-9,11H,4-7,18H2,(H,19,20). The molecule has 2 rings (SSSR count). The highest BCUT2D eigenvalue weighted by atomic mass is 19.4. The van der Waals surface area contributed by atoms with E-state index in [4.69, 9.17) is 10.6 Å². The molecule has 0 unspecified atom stereocenters. The topological polar surface area (TPSA) is 64.3 Å². The molecule has 1 aromatic carbocycles. The average Bonchev–Trinajstić information content (AvgIpc) is 2.47. The van der Waals surface area contributed by atoms with Crippen molar-refractivity contribution in [2.24, 2.45) is 11.8 Å². The van der Waals surface area contributed by atoms with Gasteiger partial charge in [-0.2, -0.15) is 13.2 Å². The van der Waals surface area contributed by atoms with Gasteiger partial charge in [-0.05, 0) is 43.9 Å². The molecule has 0 heterocycles. The first kappa shape index (κ1) is 15.6. The molecule has 3 N–H and O–H groups in total. The Kier molecular flexibility index (Phi) is 4.72. The molecule has 7 heteroatoms. The maximum absolute atomic E-state index is 12.6. The predicted octanol–water partition coefficient (Wildman–Crippen LogP) is 2.63. The van der Waals surface area contributed by atoms with Crippen LogP contribution in [0, 0.1) is 5.92 Å². The lowest BCUT2D eigenvalue weighted by atomic mass is 9.87. The number of benzene rings is 1. The second kappa shape index (κ2) is 6.34. The first-order chi connectivity index (χ1) is 9.90. The predicted molar refractivity (Wildman–Crippen MR) is 70.1 cm³/mol. The fourth-order valence-electron chi connectivity index (χ4n) is 2.50. The van der Waals surface area contributed by atoms with Crippen molar-refractivity contribution in [3.63, 3.8) is 0 Å². The lowest BCUT2D eigenvalue weighted by Gasteiger charge is -2.28. The third-order valence-electron chi connectivity index (χ3n) is 3.65. The van der Waals surface area contributed by atoms with Crippen molar-refractivity contribution in [2.75, 3.05) is 0 Å². The first-order valence-corrected chi connectivity index (χ1v) is 6.74. The van der Waals surface area contributed by atoms with Crippen molar-refractivity contribution in [2.45, 2.75) is 38.0 Å². The number of nitrogens with two attached hydrogens (primary N) is 1. The molecule has 0 radical (unpaired) electrons. The second-order valence-corrected chi connectivity index (χ2v) is 5.13. The van der Waals surface area contributed by atoms with E-state index in [-0.39, 0.29) is 23.7 Å². The third kappa shape index (κ3) is 4.10. The fourth-order valence-corrected chi connectivity index (χ4v) is 2.50. The molecule has 4 nitrogen and oxygen atoms in total. The maximum atomic E-state index is 12.6. The van der Waals surface area contributed by atoms with Gasteiger partial charge in [0.15, 0.2) is 0 Å². The lowest BCUT2D eigenvalue weighted by Crippen LogP contribution is -2.38. The van der Waals surface area contributed by atoms with E-state index >= 15 is 0 Å². The van der Waals surface area contributed by atoms with Crippen molar-refractivity contribution in [3.05, 3.63) is 29.8 Å². The smallest absolute Gasteiger partial charge is 0.416 e.